The third kappa shape index (κ3) is 4.91. The van der Waals surface area contributed by atoms with Gasteiger partial charge in [-0.1, -0.05) is 6.92 Å². The van der Waals surface area contributed by atoms with Crippen molar-refractivity contribution in [3.05, 3.63) is 0 Å². The topological polar surface area (TPSA) is 86.9 Å². The molecule has 8 heteroatoms. The van der Waals surface area contributed by atoms with Gasteiger partial charge in [-0.25, -0.2) is 13.6 Å². The summed E-state index contributed by atoms with van der Waals surface area (Å²) in [6.07, 6.45) is 1.000. The smallest absolute Gasteiger partial charge is 0.219 e. The lowest BCUT2D eigenvalue weighted by Gasteiger charge is -2.30. The highest BCUT2D eigenvalue weighted by Gasteiger charge is 2.34. The second-order valence-corrected chi connectivity index (χ2v) is 8.30. The molecule has 0 aromatic heterocycles. The zero-order valence-electron chi connectivity index (χ0n) is 13.6. The minimum absolute atomic E-state index is 0.0184. The van der Waals surface area contributed by atoms with Crippen LogP contribution in [0.25, 0.3) is 0 Å². The Kier molecular flexibility index (Phi) is 5.81. The summed E-state index contributed by atoms with van der Waals surface area (Å²) in [7, 11) is -3.39. The van der Waals surface area contributed by atoms with Crippen molar-refractivity contribution in [1.82, 2.24) is 14.7 Å². The molecule has 0 spiro atoms. The fourth-order valence-electron chi connectivity index (χ4n) is 3.55. The molecule has 0 radical (unpaired) electrons. The van der Waals surface area contributed by atoms with Gasteiger partial charge in [-0.15, -0.1) is 0 Å². The van der Waals surface area contributed by atoms with E-state index in [-0.39, 0.29) is 11.7 Å². The Morgan fingerprint density at radius 3 is 2.55 bits per heavy atom. The molecule has 2 atom stereocenters. The standard InChI is InChI=1S/C14H28N4O3S/c1-12-10-16(8-9-22(15,20)21)11-14(12)18-5-3-4-17(6-7-18)13(2)19/h12,14H,3-11H2,1-2H3,(H2,15,20,21)/t12-,14-/m0/s1. The molecular weight excluding hydrogens is 304 g/mol. The summed E-state index contributed by atoms with van der Waals surface area (Å²) in [6.45, 7) is 9.67. The fourth-order valence-corrected chi connectivity index (χ4v) is 4.06. The van der Waals surface area contributed by atoms with Crippen LogP contribution >= 0.6 is 0 Å². The number of hydrogen-bond acceptors (Lipinski definition) is 5. The van der Waals surface area contributed by atoms with Crippen molar-refractivity contribution in [3.63, 3.8) is 0 Å². The first-order valence-corrected chi connectivity index (χ1v) is 9.70. The number of carbonyl (C=O) groups excluding carboxylic acids is 1. The largest absolute Gasteiger partial charge is 0.342 e. The van der Waals surface area contributed by atoms with Gasteiger partial charge >= 0.3 is 0 Å². The maximum Gasteiger partial charge on any atom is 0.219 e. The lowest BCUT2D eigenvalue weighted by atomic mass is 10.0. The number of likely N-dealkylation sites (tertiary alicyclic amines) is 1. The minimum atomic E-state index is -3.39. The molecule has 1 amide bonds. The van der Waals surface area contributed by atoms with E-state index >= 15 is 0 Å². The van der Waals surface area contributed by atoms with Crippen molar-refractivity contribution >= 4 is 15.9 Å². The van der Waals surface area contributed by atoms with Crippen LogP contribution in [-0.4, -0.2) is 86.6 Å². The number of amides is 1. The average molecular weight is 332 g/mol. The summed E-state index contributed by atoms with van der Waals surface area (Å²) >= 11 is 0. The molecule has 0 aromatic rings. The predicted octanol–water partition coefficient (Wildman–Crippen LogP) is -0.851. The van der Waals surface area contributed by atoms with Crippen LogP contribution in [0.5, 0.6) is 0 Å². The summed E-state index contributed by atoms with van der Waals surface area (Å²) in [6, 6.07) is 0.437. The van der Waals surface area contributed by atoms with Crippen LogP contribution in [0.4, 0.5) is 0 Å². The highest BCUT2D eigenvalue weighted by molar-refractivity contribution is 7.89. The molecule has 22 heavy (non-hydrogen) atoms. The Balaban J connectivity index is 1.88. The molecule has 0 aliphatic carbocycles. The molecule has 2 N–H and O–H groups in total. The van der Waals surface area contributed by atoms with Crippen LogP contribution in [0, 0.1) is 5.92 Å². The Bertz CT molecular complexity index is 496. The molecule has 0 aromatic carbocycles. The maximum atomic E-state index is 11.5. The van der Waals surface area contributed by atoms with Gasteiger partial charge in [0, 0.05) is 58.8 Å². The Morgan fingerprint density at radius 1 is 1.18 bits per heavy atom. The van der Waals surface area contributed by atoms with E-state index < -0.39 is 10.0 Å². The van der Waals surface area contributed by atoms with Crippen LogP contribution in [0.3, 0.4) is 0 Å². The van der Waals surface area contributed by atoms with Crippen LogP contribution < -0.4 is 5.14 Å². The number of nitrogens with two attached hydrogens (primary N) is 1. The van der Waals surface area contributed by atoms with Gasteiger partial charge in [0.25, 0.3) is 0 Å². The summed E-state index contributed by atoms with van der Waals surface area (Å²) < 4.78 is 22.2. The molecule has 128 valence electrons. The maximum absolute atomic E-state index is 11.5. The molecule has 7 nitrogen and oxygen atoms in total. The van der Waals surface area contributed by atoms with Gasteiger partial charge in [-0.05, 0) is 12.3 Å². The summed E-state index contributed by atoms with van der Waals surface area (Å²) in [5, 5.41) is 5.09. The van der Waals surface area contributed by atoms with E-state index in [0.717, 1.165) is 45.7 Å². The summed E-state index contributed by atoms with van der Waals surface area (Å²) in [5.74, 6) is 0.672. The van der Waals surface area contributed by atoms with Crippen molar-refractivity contribution in [3.8, 4) is 0 Å². The van der Waals surface area contributed by atoms with Gasteiger partial charge in [-0.3, -0.25) is 9.69 Å². The number of rotatable bonds is 4. The second-order valence-electron chi connectivity index (χ2n) is 6.57. The second kappa shape index (κ2) is 7.25. The first-order chi connectivity index (χ1) is 10.3. The lowest BCUT2D eigenvalue weighted by molar-refractivity contribution is -0.128. The van der Waals surface area contributed by atoms with Crippen molar-refractivity contribution in [1.29, 1.82) is 0 Å². The van der Waals surface area contributed by atoms with Crippen molar-refractivity contribution < 1.29 is 13.2 Å². The van der Waals surface area contributed by atoms with Crippen LogP contribution in [-0.2, 0) is 14.8 Å². The van der Waals surface area contributed by atoms with Crippen molar-refractivity contribution in [2.45, 2.75) is 26.3 Å². The van der Waals surface area contributed by atoms with Gasteiger partial charge in [0.15, 0.2) is 0 Å². The normalized spacial score (nSPS) is 28.8. The summed E-state index contributed by atoms with van der Waals surface area (Å²) in [4.78, 5) is 18.1. The van der Waals surface area contributed by atoms with E-state index in [1.165, 1.54) is 0 Å². The lowest BCUT2D eigenvalue weighted by Crippen LogP contribution is -2.43. The highest BCUT2D eigenvalue weighted by atomic mass is 32.2. The SMILES string of the molecule is CC(=O)N1CCCN([C@H]2CN(CCS(N)(=O)=O)C[C@@H]2C)CC1. The van der Waals surface area contributed by atoms with E-state index in [1.807, 2.05) is 4.90 Å². The highest BCUT2D eigenvalue weighted by Crippen LogP contribution is 2.23. The molecule has 2 rings (SSSR count). The first-order valence-electron chi connectivity index (χ1n) is 7.98. The molecule has 0 bridgehead atoms. The number of hydrogen-bond donors (Lipinski definition) is 1. The Hall–Kier alpha value is -0.700. The van der Waals surface area contributed by atoms with Crippen LogP contribution in [0.15, 0.2) is 0 Å². The van der Waals surface area contributed by atoms with E-state index in [0.29, 0.717) is 18.5 Å². The molecular formula is C14H28N4O3S. The van der Waals surface area contributed by atoms with Gasteiger partial charge in [0.2, 0.25) is 15.9 Å². The Labute approximate surface area is 133 Å². The monoisotopic (exact) mass is 332 g/mol. The Morgan fingerprint density at radius 2 is 1.91 bits per heavy atom. The molecule has 2 aliphatic rings. The number of carbonyl (C=O) groups is 1. The zero-order chi connectivity index (χ0) is 16.3. The molecule has 2 fully saturated rings. The first kappa shape index (κ1) is 17.7. The third-order valence-corrected chi connectivity index (χ3v) is 5.54. The van der Waals surface area contributed by atoms with Crippen molar-refractivity contribution in [2.24, 2.45) is 11.1 Å². The average Bonchev–Trinajstić information content (AvgIpc) is 2.63. The molecule has 0 unspecified atom stereocenters. The van der Waals surface area contributed by atoms with E-state index in [2.05, 4.69) is 16.7 Å². The number of nitrogens with zero attached hydrogens (tertiary/aromatic N) is 3. The fraction of sp³-hybridized carbons (Fsp3) is 0.929. The number of sulfonamides is 1. The van der Waals surface area contributed by atoms with E-state index in [4.69, 9.17) is 5.14 Å². The van der Waals surface area contributed by atoms with Crippen LogP contribution in [0.2, 0.25) is 0 Å². The molecule has 2 aliphatic heterocycles. The van der Waals surface area contributed by atoms with Gasteiger partial charge in [0.05, 0.1) is 5.75 Å². The number of primary sulfonamides is 1. The molecule has 2 heterocycles. The zero-order valence-corrected chi connectivity index (χ0v) is 14.4. The van der Waals surface area contributed by atoms with Crippen molar-refractivity contribution in [2.75, 3.05) is 51.6 Å². The van der Waals surface area contributed by atoms with Gasteiger partial charge in [-0.2, -0.15) is 0 Å². The third-order valence-electron chi connectivity index (χ3n) is 4.79. The minimum Gasteiger partial charge on any atom is -0.342 e. The van der Waals surface area contributed by atoms with Crippen LogP contribution in [0.1, 0.15) is 20.3 Å². The molecule has 0 saturated carbocycles. The summed E-state index contributed by atoms with van der Waals surface area (Å²) in [5.41, 5.74) is 0. The van der Waals surface area contributed by atoms with E-state index in [9.17, 15) is 13.2 Å². The van der Waals surface area contributed by atoms with Gasteiger partial charge in [0.1, 0.15) is 0 Å². The predicted molar refractivity (Wildman–Crippen MR) is 85.8 cm³/mol. The van der Waals surface area contributed by atoms with E-state index in [1.54, 1.807) is 6.92 Å². The molecule has 2 saturated heterocycles. The quantitative estimate of drug-likeness (QED) is 0.725. The van der Waals surface area contributed by atoms with Gasteiger partial charge < -0.3 is 9.80 Å².